The van der Waals surface area contributed by atoms with Gasteiger partial charge < -0.3 is 15.0 Å². The highest BCUT2D eigenvalue weighted by Crippen LogP contribution is 2.29. The van der Waals surface area contributed by atoms with Gasteiger partial charge in [0, 0.05) is 6.54 Å². The van der Waals surface area contributed by atoms with Gasteiger partial charge in [0.15, 0.2) is 5.75 Å². The zero-order chi connectivity index (χ0) is 15.8. The third-order valence-corrected chi connectivity index (χ3v) is 3.50. The van der Waals surface area contributed by atoms with E-state index < -0.39 is 0 Å². The summed E-state index contributed by atoms with van der Waals surface area (Å²) in [6.07, 6.45) is 4.05. The molecule has 0 aliphatic rings. The van der Waals surface area contributed by atoms with Crippen LogP contribution in [0, 0.1) is 5.92 Å². The third-order valence-electron chi connectivity index (χ3n) is 3.50. The van der Waals surface area contributed by atoms with Gasteiger partial charge in [0.05, 0.1) is 31.6 Å². The highest BCUT2D eigenvalue weighted by molar-refractivity contribution is 5.28. The van der Waals surface area contributed by atoms with Crippen molar-refractivity contribution < 1.29 is 4.74 Å². The van der Waals surface area contributed by atoms with Crippen LogP contribution in [0.3, 0.4) is 0 Å². The Hall–Kier alpha value is -1.07. The minimum absolute atomic E-state index is 0.296. The fourth-order valence-electron chi connectivity index (χ4n) is 2.44. The van der Waals surface area contributed by atoms with Crippen molar-refractivity contribution in [3.05, 3.63) is 11.9 Å². The van der Waals surface area contributed by atoms with Gasteiger partial charge in [-0.2, -0.15) is 5.10 Å². The van der Waals surface area contributed by atoms with E-state index in [0.29, 0.717) is 12.0 Å². The van der Waals surface area contributed by atoms with Crippen molar-refractivity contribution in [3.63, 3.8) is 0 Å². The second kappa shape index (κ2) is 9.05. The van der Waals surface area contributed by atoms with Gasteiger partial charge >= 0.3 is 0 Å². The maximum absolute atomic E-state index is 5.54. The third kappa shape index (κ3) is 5.67. The summed E-state index contributed by atoms with van der Waals surface area (Å²) >= 11 is 0. The molecule has 122 valence electrons. The Morgan fingerprint density at radius 2 is 2.10 bits per heavy atom. The number of nitrogens with one attached hydrogen (secondary N) is 1. The van der Waals surface area contributed by atoms with Gasteiger partial charge in [-0.25, -0.2) is 0 Å². The molecule has 0 spiro atoms. The number of likely N-dealkylation sites (N-methyl/N-ethyl adjacent to an activating group) is 1. The van der Waals surface area contributed by atoms with Crippen LogP contribution in [0.2, 0.25) is 0 Å². The van der Waals surface area contributed by atoms with Crippen LogP contribution in [0.1, 0.15) is 45.3 Å². The molecule has 1 rings (SSSR count). The average Bonchev–Trinajstić information content (AvgIpc) is 2.83. The molecular formula is C16H32N4O. The van der Waals surface area contributed by atoms with Crippen LogP contribution in [0.25, 0.3) is 0 Å². The SMILES string of the molecule is CCCNC(CC(C)C)c1c(OC)cnn1CCN(C)C. The molecule has 21 heavy (non-hydrogen) atoms. The Bertz CT molecular complexity index is 401. The van der Waals surface area contributed by atoms with Crippen molar-refractivity contribution in [3.8, 4) is 5.75 Å². The minimum atomic E-state index is 0.296. The predicted octanol–water partition coefficient (Wildman–Crippen LogP) is 2.54. The average molecular weight is 296 g/mol. The zero-order valence-corrected chi connectivity index (χ0v) is 14.5. The first-order chi connectivity index (χ1) is 9.99. The number of aromatic nitrogens is 2. The van der Waals surface area contributed by atoms with Crippen molar-refractivity contribution in [1.29, 1.82) is 0 Å². The number of hydrogen-bond donors (Lipinski definition) is 1. The van der Waals surface area contributed by atoms with E-state index in [1.165, 1.54) is 5.69 Å². The Balaban J connectivity index is 2.98. The molecule has 0 aliphatic carbocycles. The fourth-order valence-corrected chi connectivity index (χ4v) is 2.44. The Morgan fingerprint density at radius 1 is 1.38 bits per heavy atom. The molecule has 1 aromatic rings. The van der Waals surface area contributed by atoms with Crippen LogP contribution in [0.4, 0.5) is 0 Å². The molecule has 0 aromatic carbocycles. The van der Waals surface area contributed by atoms with Gasteiger partial charge in [-0.3, -0.25) is 4.68 Å². The molecule has 5 nitrogen and oxygen atoms in total. The first-order valence-corrected chi connectivity index (χ1v) is 7.97. The minimum Gasteiger partial charge on any atom is -0.493 e. The topological polar surface area (TPSA) is 42.3 Å². The number of ether oxygens (including phenoxy) is 1. The van der Waals surface area contributed by atoms with E-state index in [0.717, 1.165) is 38.2 Å². The summed E-state index contributed by atoms with van der Waals surface area (Å²) in [5.74, 6) is 1.52. The lowest BCUT2D eigenvalue weighted by Crippen LogP contribution is -2.28. The predicted molar refractivity (Wildman–Crippen MR) is 87.8 cm³/mol. The smallest absolute Gasteiger partial charge is 0.161 e. The van der Waals surface area contributed by atoms with Crippen molar-refractivity contribution in [2.45, 2.75) is 46.2 Å². The molecule has 0 amide bonds. The molecule has 5 heteroatoms. The van der Waals surface area contributed by atoms with E-state index in [-0.39, 0.29) is 0 Å². The first-order valence-electron chi connectivity index (χ1n) is 7.97. The maximum Gasteiger partial charge on any atom is 0.161 e. The summed E-state index contributed by atoms with van der Waals surface area (Å²) in [5.41, 5.74) is 1.18. The van der Waals surface area contributed by atoms with Gasteiger partial charge in [0.25, 0.3) is 0 Å². The summed E-state index contributed by atoms with van der Waals surface area (Å²) in [7, 11) is 5.89. The number of nitrogens with zero attached hydrogens (tertiary/aromatic N) is 3. The van der Waals surface area contributed by atoms with E-state index in [9.17, 15) is 0 Å². The van der Waals surface area contributed by atoms with Crippen LogP contribution < -0.4 is 10.1 Å². The monoisotopic (exact) mass is 296 g/mol. The number of hydrogen-bond acceptors (Lipinski definition) is 4. The second-order valence-electron chi connectivity index (χ2n) is 6.26. The van der Waals surface area contributed by atoms with Crippen molar-refractivity contribution in [1.82, 2.24) is 20.0 Å². The van der Waals surface area contributed by atoms with Crippen molar-refractivity contribution in [2.75, 3.05) is 34.3 Å². The zero-order valence-electron chi connectivity index (χ0n) is 14.5. The van der Waals surface area contributed by atoms with Crippen LogP contribution in [-0.4, -0.2) is 49.0 Å². The van der Waals surface area contributed by atoms with Crippen LogP contribution in [0.15, 0.2) is 6.20 Å². The van der Waals surface area contributed by atoms with Crippen LogP contribution in [-0.2, 0) is 6.54 Å². The molecule has 0 saturated carbocycles. The van der Waals surface area contributed by atoms with Crippen molar-refractivity contribution in [2.24, 2.45) is 5.92 Å². The molecule has 1 aromatic heterocycles. The van der Waals surface area contributed by atoms with Gasteiger partial charge in [-0.1, -0.05) is 20.8 Å². The van der Waals surface area contributed by atoms with E-state index in [4.69, 9.17) is 4.74 Å². The van der Waals surface area contributed by atoms with E-state index in [1.54, 1.807) is 7.11 Å². The maximum atomic E-state index is 5.54. The standard InChI is InChI=1S/C16H32N4O/c1-7-8-17-14(11-13(2)3)16-15(21-6)12-18-20(16)10-9-19(4)5/h12-14,17H,7-11H2,1-6H3. The van der Waals surface area contributed by atoms with Gasteiger partial charge in [-0.05, 0) is 39.4 Å². The lowest BCUT2D eigenvalue weighted by atomic mass is 10.0. The molecule has 0 bridgehead atoms. The molecule has 1 N–H and O–H groups in total. The summed E-state index contributed by atoms with van der Waals surface area (Å²) in [4.78, 5) is 2.18. The molecule has 0 aliphatic heterocycles. The second-order valence-corrected chi connectivity index (χ2v) is 6.26. The van der Waals surface area contributed by atoms with Gasteiger partial charge in [-0.15, -0.1) is 0 Å². The molecule has 0 saturated heterocycles. The Labute approximate surface area is 129 Å². The lowest BCUT2D eigenvalue weighted by Gasteiger charge is -2.23. The van der Waals surface area contributed by atoms with Crippen LogP contribution >= 0.6 is 0 Å². The largest absolute Gasteiger partial charge is 0.493 e. The molecule has 0 fully saturated rings. The normalized spacial score (nSPS) is 13.1. The fraction of sp³-hybridized carbons (Fsp3) is 0.812. The number of methoxy groups -OCH3 is 1. The van der Waals surface area contributed by atoms with E-state index in [1.807, 2.05) is 6.20 Å². The first kappa shape index (κ1) is 18.0. The molecule has 1 atom stereocenters. The number of rotatable bonds is 10. The molecular weight excluding hydrogens is 264 g/mol. The molecule has 0 radical (unpaired) electrons. The summed E-state index contributed by atoms with van der Waals surface area (Å²) in [6.45, 7) is 9.58. The van der Waals surface area contributed by atoms with E-state index in [2.05, 4.69) is 54.9 Å². The van der Waals surface area contributed by atoms with Gasteiger partial charge in [0.1, 0.15) is 0 Å². The lowest BCUT2D eigenvalue weighted by molar-refractivity contribution is 0.340. The Kier molecular flexibility index (Phi) is 7.75. The highest BCUT2D eigenvalue weighted by atomic mass is 16.5. The van der Waals surface area contributed by atoms with E-state index >= 15 is 0 Å². The van der Waals surface area contributed by atoms with Gasteiger partial charge in [0.2, 0.25) is 0 Å². The molecule has 1 heterocycles. The summed E-state index contributed by atoms with van der Waals surface area (Å²) < 4.78 is 7.63. The summed E-state index contributed by atoms with van der Waals surface area (Å²) in [5, 5.41) is 8.17. The quantitative estimate of drug-likeness (QED) is 0.720. The molecule has 1 unspecified atom stereocenters. The Morgan fingerprint density at radius 3 is 2.62 bits per heavy atom. The van der Waals surface area contributed by atoms with Crippen molar-refractivity contribution >= 4 is 0 Å². The highest BCUT2D eigenvalue weighted by Gasteiger charge is 2.22. The summed E-state index contributed by atoms with van der Waals surface area (Å²) in [6, 6.07) is 0.296. The van der Waals surface area contributed by atoms with Crippen LogP contribution in [0.5, 0.6) is 5.75 Å².